The molecule has 0 bridgehead atoms. The van der Waals surface area contributed by atoms with Gasteiger partial charge in [0.2, 0.25) is 11.7 Å². The normalized spacial score (nSPS) is 10.5. The maximum absolute atomic E-state index is 11.7. The Balaban J connectivity index is 2.44. The van der Waals surface area contributed by atoms with Crippen molar-refractivity contribution < 1.29 is 18.7 Å². The Morgan fingerprint density at radius 2 is 2.11 bits per heavy atom. The fourth-order valence-electron chi connectivity index (χ4n) is 1.90. The SMILES string of the molecule is CCOC(=O)c1oc2cc(NC(C)=O)ccc2c1C. The van der Waals surface area contributed by atoms with Crippen LogP contribution in [0, 0.1) is 6.92 Å². The average molecular weight is 261 g/mol. The molecule has 0 spiro atoms. The van der Waals surface area contributed by atoms with Crippen molar-refractivity contribution in [1.29, 1.82) is 0 Å². The van der Waals surface area contributed by atoms with E-state index in [-0.39, 0.29) is 11.7 Å². The Labute approximate surface area is 110 Å². The van der Waals surface area contributed by atoms with Gasteiger partial charge < -0.3 is 14.5 Å². The minimum Gasteiger partial charge on any atom is -0.460 e. The third-order valence-corrected chi connectivity index (χ3v) is 2.72. The number of hydrogen-bond donors (Lipinski definition) is 1. The highest BCUT2D eigenvalue weighted by Crippen LogP contribution is 2.28. The first kappa shape index (κ1) is 13.1. The molecule has 100 valence electrons. The van der Waals surface area contributed by atoms with Gasteiger partial charge in [-0.05, 0) is 26.0 Å². The molecule has 0 saturated carbocycles. The quantitative estimate of drug-likeness (QED) is 0.862. The second kappa shape index (κ2) is 5.14. The van der Waals surface area contributed by atoms with Gasteiger partial charge in [0.05, 0.1) is 6.61 Å². The van der Waals surface area contributed by atoms with Crippen LogP contribution in [0.1, 0.15) is 30.0 Å². The van der Waals surface area contributed by atoms with Gasteiger partial charge in [0.1, 0.15) is 5.58 Å². The number of fused-ring (bicyclic) bond motifs is 1. The number of amides is 1. The molecule has 0 atom stereocenters. The summed E-state index contributed by atoms with van der Waals surface area (Å²) in [5, 5.41) is 3.50. The van der Waals surface area contributed by atoms with Crippen LogP contribution in [0.25, 0.3) is 11.0 Å². The monoisotopic (exact) mass is 261 g/mol. The van der Waals surface area contributed by atoms with E-state index in [1.165, 1.54) is 6.92 Å². The second-order valence-corrected chi connectivity index (χ2v) is 4.17. The van der Waals surface area contributed by atoms with Crippen LogP contribution >= 0.6 is 0 Å². The lowest BCUT2D eigenvalue weighted by atomic mass is 10.1. The number of ether oxygens (including phenoxy) is 1. The van der Waals surface area contributed by atoms with Crippen LogP contribution < -0.4 is 5.32 Å². The zero-order valence-corrected chi connectivity index (χ0v) is 11.1. The van der Waals surface area contributed by atoms with Crippen LogP contribution in [-0.2, 0) is 9.53 Å². The first-order valence-corrected chi connectivity index (χ1v) is 6.00. The molecule has 1 heterocycles. The summed E-state index contributed by atoms with van der Waals surface area (Å²) in [5.41, 5.74) is 1.92. The van der Waals surface area contributed by atoms with E-state index < -0.39 is 5.97 Å². The van der Waals surface area contributed by atoms with Gasteiger partial charge in [-0.2, -0.15) is 0 Å². The number of benzene rings is 1. The Bertz CT molecular complexity index is 642. The molecule has 1 amide bonds. The summed E-state index contributed by atoms with van der Waals surface area (Å²) in [6.07, 6.45) is 0. The molecule has 1 aromatic heterocycles. The van der Waals surface area contributed by atoms with Gasteiger partial charge in [-0.1, -0.05) is 0 Å². The highest BCUT2D eigenvalue weighted by atomic mass is 16.5. The predicted octanol–water partition coefficient (Wildman–Crippen LogP) is 2.88. The van der Waals surface area contributed by atoms with Crippen molar-refractivity contribution in [2.24, 2.45) is 0 Å². The van der Waals surface area contributed by atoms with E-state index in [0.717, 1.165) is 10.9 Å². The molecule has 0 aliphatic heterocycles. The van der Waals surface area contributed by atoms with Crippen LogP contribution in [0.5, 0.6) is 0 Å². The Hall–Kier alpha value is -2.30. The molecule has 19 heavy (non-hydrogen) atoms. The summed E-state index contributed by atoms with van der Waals surface area (Å²) >= 11 is 0. The molecule has 0 aliphatic carbocycles. The van der Waals surface area contributed by atoms with E-state index >= 15 is 0 Å². The van der Waals surface area contributed by atoms with Crippen molar-refractivity contribution in [3.63, 3.8) is 0 Å². The van der Waals surface area contributed by atoms with Crippen molar-refractivity contribution in [1.82, 2.24) is 0 Å². The van der Waals surface area contributed by atoms with Gasteiger partial charge in [0.25, 0.3) is 0 Å². The fourth-order valence-corrected chi connectivity index (χ4v) is 1.90. The predicted molar refractivity (Wildman–Crippen MR) is 71.2 cm³/mol. The van der Waals surface area contributed by atoms with Crippen LogP contribution in [0.4, 0.5) is 5.69 Å². The van der Waals surface area contributed by atoms with E-state index in [0.29, 0.717) is 17.9 Å². The lowest BCUT2D eigenvalue weighted by Crippen LogP contribution is -2.05. The number of aryl methyl sites for hydroxylation is 1. The van der Waals surface area contributed by atoms with Crippen LogP contribution in [0.2, 0.25) is 0 Å². The molecular formula is C14H15NO4. The third kappa shape index (κ3) is 2.59. The number of carbonyl (C=O) groups excluding carboxylic acids is 2. The summed E-state index contributed by atoms with van der Waals surface area (Å²) in [6, 6.07) is 5.26. The standard InChI is InChI=1S/C14H15NO4/c1-4-18-14(17)13-8(2)11-6-5-10(15-9(3)16)7-12(11)19-13/h5-7H,4H2,1-3H3,(H,15,16). The maximum atomic E-state index is 11.7. The molecule has 5 nitrogen and oxygen atoms in total. The number of nitrogens with one attached hydrogen (secondary N) is 1. The molecule has 0 radical (unpaired) electrons. The molecule has 1 aromatic carbocycles. The largest absolute Gasteiger partial charge is 0.460 e. The summed E-state index contributed by atoms with van der Waals surface area (Å²) in [5.74, 6) is -0.428. The zero-order valence-electron chi connectivity index (χ0n) is 11.1. The summed E-state index contributed by atoms with van der Waals surface area (Å²) in [6.45, 7) is 5.27. The van der Waals surface area contributed by atoms with Gasteiger partial charge >= 0.3 is 5.97 Å². The molecule has 5 heteroatoms. The number of anilines is 1. The molecule has 0 saturated heterocycles. The molecule has 0 fully saturated rings. The van der Waals surface area contributed by atoms with E-state index in [1.54, 1.807) is 26.0 Å². The van der Waals surface area contributed by atoms with Gasteiger partial charge in [-0.3, -0.25) is 4.79 Å². The summed E-state index contributed by atoms with van der Waals surface area (Å²) in [7, 11) is 0. The Morgan fingerprint density at radius 1 is 1.37 bits per heavy atom. The molecule has 0 aliphatic rings. The van der Waals surface area contributed by atoms with Crippen molar-refractivity contribution in [2.45, 2.75) is 20.8 Å². The van der Waals surface area contributed by atoms with Crippen molar-refractivity contribution in [2.75, 3.05) is 11.9 Å². The van der Waals surface area contributed by atoms with Crippen molar-refractivity contribution in [3.05, 3.63) is 29.5 Å². The third-order valence-electron chi connectivity index (χ3n) is 2.72. The lowest BCUT2D eigenvalue weighted by Gasteiger charge is -2.00. The van der Waals surface area contributed by atoms with Gasteiger partial charge in [-0.25, -0.2) is 4.79 Å². The van der Waals surface area contributed by atoms with Crippen LogP contribution in [-0.4, -0.2) is 18.5 Å². The smallest absolute Gasteiger partial charge is 0.374 e. The van der Waals surface area contributed by atoms with Crippen molar-refractivity contribution >= 4 is 28.5 Å². The fraction of sp³-hybridized carbons (Fsp3) is 0.286. The van der Waals surface area contributed by atoms with Crippen LogP contribution in [0.15, 0.2) is 22.6 Å². The second-order valence-electron chi connectivity index (χ2n) is 4.17. The molecular weight excluding hydrogens is 246 g/mol. The van der Waals surface area contributed by atoms with Crippen LogP contribution in [0.3, 0.4) is 0 Å². The highest BCUT2D eigenvalue weighted by molar-refractivity contribution is 5.98. The van der Waals surface area contributed by atoms with Crippen molar-refractivity contribution in [3.8, 4) is 0 Å². The Kier molecular flexibility index (Phi) is 3.55. The maximum Gasteiger partial charge on any atom is 0.374 e. The number of furan rings is 1. The van der Waals surface area contributed by atoms with E-state index in [2.05, 4.69) is 5.32 Å². The number of carbonyl (C=O) groups is 2. The molecule has 0 unspecified atom stereocenters. The minimum absolute atomic E-state index is 0.159. The average Bonchev–Trinajstić information content (AvgIpc) is 2.66. The zero-order chi connectivity index (χ0) is 14.0. The first-order chi connectivity index (χ1) is 9.02. The van der Waals surface area contributed by atoms with E-state index in [1.807, 2.05) is 6.07 Å². The topological polar surface area (TPSA) is 68.5 Å². The number of hydrogen-bond acceptors (Lipinski definition) is 4. The summed E-state index contributed by atoms with van der Waals surface area (Å²) in [4.78, 5) is 22.7. The minimum atomic E-state index is -0.475. The van der Waals surface area contributed by atoms with E-state index in [4.69, 9.17) is 9.15 Å². The Morgan fingerprint density at radius 3 is 2.74 bits per heavy atom. The molecule has 2 rings (SSSR count). The van der Waals surface area contributed by atoms with Gasteiger partial charge in [-0.15, -0.1) is 0 Å². The molecule has 1 N–H and O–H groups in total. The number of rotatable bonds is 3. The summed E-state index contributed by atoms with van der Waals surface area (Å²) < 4.78 is 10.4. The number of esters is 1. The molecule has 2 aromatic rings. The van der Waals surface area contributed by atoms with Gasteiger partial charge in [0, 0.05) is 29.6 Å². The lowest BCUT2D eigenvalue weighted by molar-refractivity contribution is -0.114. The highest BCUT2D eigenvalue weighted by Gasteiger charge is 2.18. The van der Waals surface area contributed by atoms with Gasteiger partial charge in [0.15, 0.2) is 0 Å². The van der Waals surface area contributed by atoms with E-state index in [9.17, 15) is 9.59 Å². The first-order valence-electron chi connectivity index (χ1n) is 6.00.